The molecule has 39 heavy (non-hydrogen) atoms. The summed E-state index contributed by atoms with van der Waals surface area (Å²) in [6.45, 7) is 3.32. The van der Waals surface area contributed by atoms with E-state index in [1.54, 1.807) is 37.5 Å². The smallest absolute Gasteiger partial charge is 0.259 e. The Kier molecular flexibility index (Phi) is 8.60. The van der Waals surface area contributed by atoms with E-state index in [1.165, 1.54) is 36.3 Å². The number of sulfonamides is 1. The summed E-state index contributed by atoms with van der Waals surface area (Å²) in [6, 6.07) is 9.78. The first-order valence-corrected chi connectivity index (χ1v) is 13.8. The molecule has 1 aliphatic rings. The van der Waals surface area contributed by atoms with Gasteiger partial charge in [0.2, 0.25) is 15.9 Å². The minimum absolute atomic E-state index is 0.0234. The van der Waals surface area contributed by atoms with Gasteiger partial charge in [-0.25, -0.2) is 17.8 Å². The Morgan fingerprint density at radius 2 is 1.95 bits per heavy atom. The number of aliphatic hydroxyl groups is 1. The Bertz CT molecular complexity index is 1510. The van der Waals surface area contributed by atoms with Crippen molar-refractivity contribution in [3.8, 4) is 17.7 Å². The third-order valence-electron chi connectivity index (χ3n) is 6.50. The molecule has 1 N–H and O–H groups in total. The normalized spacial score (nSPS) is 18.3. The Morgan fingerprint density at radius 1 is 1.21 bits per heavy atom. The minimum Gasteiger partial charge on any atom is -0.472 e. The van der Waals surface area contributed by atoms with E-state index < -0.39 is 32.9 Å². The highest BCUT2D eigenvalue weighted by Gasteiger charge is 2.36. The van der Waals surface area contributed by atoms with Crippen molar-refractivity contribution in [1.29, 1.82) is 0 Å². The van der Waals surface area contributed by atoms with E-state index in [0.29, 0.717) is 11.1 Å². The fourth-order valence-electron chi connectivity index (χ4n) is 4.14. The van der Waals surface area contributed by atoms with Crippen molar-refractivity contribution in [2.45, 2.75) is 30.9 Å². The zero-order valence-corrected chi connectivity index (χ0v) is 22.6. The standard InChI is InChI=1S/C28H29FN4O5S/c1-19-16-33(20(2)18-34)28(35)23-13-22(11-10-21-7-6-12-30-14-21)15-31-27(23)38-25(19)17-32(3)39(36,37)26-9-5-4-8-24(26)29/h4-9,12-15,19-20,25,34H,16-18H2,1-3H3/t19-,20-,25-/m0/s1. The van der Waals surface area contributed by atoms with E-state index in [2.05, 4.69) is 21.8 Å². The van der Waals surface area contributed by atoms with E-state index in [4.69, 9.17) is 4.74 Å². The quantitative estimate of drug-likeness (QED) is 0.468. The lowest BCUT2D eigenvalue weighted by Gasteiger charge is -2.37. The van der Waals surface area contributed by atoms with Crippen LogP contribution in [0, 0.1) is 23.6 Å². The lowest BCUT2D eigenvalue weighted by atomic mass is 10.0. The van der Waals surface area contributed by atoms with Crippen LogP contribution in [0.3, 0.4) is 0 Å². The van der Waals surface area contributed by atoms with Crippen molar-refractivity contribution in [3.05, 3.63) is 83.6 Å². The van der Waals surface area contributed by atoms with Gasteiger partial charge in [0, 0.05) is 49.2 Å². The van der Waals surface area contributed by atoms with E-state index in [9.17, 15) is 22.7 Å². The van der Waals surface area contributed by atoms with Crippen LogP contribution in [0.2, 0.25) is 0 Å². The second kappa shape index (κ2) is 11.9. The van der Waals surface area contributed by atoms with Crippen LogP contribution in [0.25, 0.3) is 0 Å². The molecule has 0 radical (unpaired) electrons. The number of carbonyl (C=O) groups is 1. The number of pyridine rings is 2. The number of amides is 1. The molecule has 0 fully saturated rings. The average Bonchev–Trinajstić information content (AvgIpc) is 2.94. The van der Waals surface area contributed by atoms with Gasteiger partial charge >= 0.3 is 0 Å². The molecule has 0 unspecified atom stereocenters. The summed E-state index contributed by atoms with van der Waals surface area (Å²) < 4.78 is 47.8. The molecule has 204 valence electrons. The summed E-state index contributed by atoms with van der Waals surface area (Å²) in [4.78, 5) is 23.0. The Hall–Kier alpha value is -3.85. The van der Waals surface area contributed by atoms with Gasteiger partial charge < -0.3 is 14.7 Å². The lowest BCUT2D eigenvalue weighted by Crippen LogP contribution is -2.50. The first-order valence-electron chi connectivity index (χ1n) is 12.3. The first kappa shape index (κ1) is 28.2. The summed E-state index contributed by atoms with van der Waals surface area (Å²) >= 11 is 0. The maximum absolute atomic E-state index is 14.3. The van der Waals surface area contributed by atoms with Crippen LogP contribution in [-0.2, 0) is 10.0 Å². The number of carbonyl (C=O) groups excluding carboxylic acids is 1. The van der Waals surface area contributed by atoms with Crippen LogP contribution in [0.15, 0.2) is 66.0 Å². The maximum Gasteiger partial charge on any atom is 0.259 e. The second-order valence-corrected chi connectivity index (χ2v) is 11.4. The highest BCUT2D eigenvalue weighted by Crippen LogP contribution is 2.28. The van der Waals surface area contributed by atoms with Crippen LogP contribution in [-0.4, -0.2) is 77.5 Å². The molecule has 3 atom stereocenters. The molecule has 0 saturated carbocycles. The zero-order valence-electron chi connectivity index (χ0n) is 21.8. The van der Waals surface area contributed by atoms with E-state index in [1.807, 2.05) is 6.92 Å². The van der Waals surface area contributed by atoms with Crippen molar-refractivity contribution < 1.29 is 27.4 Å². The number of rotatable bonds is 6. The molecule has 0 spiro atoms. The fourth-order valence-corrected chi connectivity index (χ4v) is 5.39. The summed E-state index contributed by atoms with van der Waals surface area (Å²) in [5.74, 6) is 4.37. The third-order valence-corrected chi connectivity index (χ3v) is 8.35. The van der Waals surface area contributed by atoms with Crippen molar-refractivity contribution in [3.63, 3.8) is 0 Å². The van der Waals surface area contributed by atoms with E-state index >= 15 is 0 Å². The van der Waals surface area contributed by atoms with Gasteiger partial charge in [0.1, 0.15) is 22.4 Å². The van der Waals surface area contributed by atoms with Gasteiger partial charge in [-0.2, -0.15) is 4.31 Å². The van der Waals surface area contributed by atoms with Crippen molar-refractivity contribution in [2.75, 3.05) is 26.7 Å². The van der Waals surface area contributed by atoms with Gasteiger partial charge in [0.15, 0.2) is 0 Å². The summed E-state index contributed by atoms with van der Waals surface area (Å²) in [5.41, 5.74) is 1.30. The van der Waals surface area contributed by atoms with Crippen molar-refractivity contribution in [2.24, 2.45) is 5.92 Å². The summed E-state index contributed by atoms with van der Waals surface area (Å²) in [5, 5.41) is 9.84. The number of fused-ring (bicyclic) bond motifs is 1. The van der Waals surface area contributed by atoms with Crippen LogP contribution >= 0.6 is 0 Å². The summed E-state index contributed by atoms with van der Waals surface area (Å²) in [6.07, 6.45) is 3.99. The predicted molar refractivity (Wildman–Crippen MR) is 142 cm³/mol. The fraction of sp³-hybridized carbons (Fsp3) is 0.321. The molecule has 0 saturated heterocycles. The lowest BCUT2D eigenvalue weighted by molar-refractivity contribution is 0.0373. The Morgan fingerprint density at radius 3 is 2.64 bits per heavy atom. The molecule has 1 aromatic carbocycles. The highest BCUT2D eigenvalue weighted by molar-refractivity contribution is 7.89. The summed E-state index contributed by atoms with van der Waals surface area (Å²) in [7, 11) is -2.81. The largest absolute Gasteiger partial charge is 0.472 e. The van der Waals surface area contributed by atoms with Crippen molar-refractivity contribution in [1.82, 2.24) is 19.2 Å². The van der Waals surface area contributed by atoms with Gasteiger partial charge in [-0.3, -0.25) is 9.78 Å². The van der Waals surface area contributed by atoms with E-state index in [0.717, 1.165) is 10.4 Å². The first-order chi connectivity index (χ1) is 18.6. The molecule has 4 rings (SSSR count). The number of hydrogen-bond donors (Lipinski definition) is 1. The third kappa shape index (κ3) is 6.25. The Balaban J connectivity index is 1.69. The molecule has 2 aromatic heterocycles. The number of likely N-dealkylation sites (N-methyl/N-ethyl adjacent to an activating group) is 1. The molecule has 0 aliphatic carbocycles. The zero-order chi connectivity index (χ0) is 28.2. The molecule has 0 bridgehead atoms. The number of aromatic nitrogens is 2. The van der Waals surface area contributed by atoms with Crippen LogP contribution in [0.5, 0.6) is 5.88 Å². The monoisotopic (exact) mass is 552 g/mol. The predicted octanol–water partition coefficient (Wildman–Crippen LogP) is 2.56. The van der Waals surface area contributed by atoms with Gasteiger partial charge in [-0.1, -0.05) is 30.9 Å². The molecular formula is C28H29FN4O5S. The average molecular weight is 553 g/mol. The van der Waals surface area contributed by atoms with Crippen LogP contribution in [0.1, 0.15) is 35.3 Å². The topological polar surface area (TPSA) is 113 Å². The van der Waals surface area contributed by atoms with Crippen LogP contribution in [0.4, 0.5) is 4.39 Å². The molecule has 11 heteroatoms. The SMILES string of the molecule is C[C@H]1CN([C@@H](C)CO)C(=O)c2cc(C#Cc3cccnc3)cnc2O[C@H]1CN(C)S(=O)(=O)c1ccccc1F. The van der Waals surface area contributed by atoms with Crippen molar-refractivity contribution >= 4 is 15.9 Å². The highest BCUT2D eigenvalue weighted by atomic mass is 32.2. The Labute approximate surface area is 227 Å². The number of benzene rings is 1. The second-order valence-electron chi connectivity index (χ2n) is 9.41. The van der Waals surface area contributed by atoms with E-state index in [-0.39, 0.29) is 43.0 Å². The number of hydrogen-bond acceptors (Lipinski definition) is 7. The van der Waals surface area contributed by atoms with Gasteiger partial charge in [-0.15, -0.1) is 0 Å². The van der Waals surface area contributed by atoms with Crippen LogP contribution < -0.4 is 4.74 Å². The number of aliphatic hydroxyl groups excluding tert-OH is 1. The number of nitrogens with zero attached hydrogens (tertiary/aromatic N) is 4. The maximum atomic E-state index is 14.3. The van der Waals surface area contributed by atoms with Gasteiger partial charge in [0.05, 0.1) is 19.2 Å². The molecule has 1 amide bonds. The number of halogens is 1. The molecule has 1 aliphatic heterocycles. The molecule has 3 aromatic rings. The molecule has 9 nitrogen and oxygen atoms in total. The van der Waals surface area contributed by atoms with Gasteiger partial charge in [0.25, 0.3) is 5.91 Å². The molecular weight excluding hydrogens is 523 g/mol. The number of ether oxygens (including phenoxy) is 1. The molecule has 3 heterocycles. The minimum atomic E-state index is -4.16. The van der Waals surface area contributed by atoms with Gasteiger partial charge in [-0.05, 0) is 37.3 Å².